The number of hydrogen-bond donors (Lipinski definition) is 0. The third-order valence-corrected chi connectivity index (χ3v) is 1.96. The summed E-state index contributed by atoms with van der Waals surface area (Å²) < 4.78 is 0. The van der Waals surface area contributed by atoms with E-state index >= 15 is 0 Å². The fourth-order valence-electron chi connectivity index (χ4n) is 1.41. The average Bonchev–Trinajstić information content (AvgIpc) is 2.05. The first kappa shape index (κ1) is 5.96. The van der Waals surface area contributed by atoms with Gasteiger partial charge in [-0.1, -0.05) is 24.3 Å². The topological polar surface area (TPSA) is 0 Å². The molecule has 0 aromatic heterocycles. The summed E-state index contributed by atoms with van der Waals surface area (Å²) in [6.07, 6.45) is 7.01. The highest BCUT2D eigenvalue weighted by atomic mass is 14.1. The van der Waals surface area contributed by atoms with Crippen molar-refractivity contribution in [3.63, 3.8) is 0 Å². The van der Waals surface area contributed by atoms with Crippen LogP contribution in [0.25, 0.3) is 0 Å². The Hall–Kier alpha value is -0.780. The van der Waals surface area contributed by atoms with Crippen LogP contribution in [-0.2, 0) is 6.42 Å². The molecule has 0 nitrogen and oxygen atoms in total. The summed E-state index contributed by atoms with van der Waals surface area (Å²) in [5.41, 5.74) is 2.79. The molecule has 1 aromatic carbocycles. The molecule has 0 heteroatoms. The van der Waals surface area contributed by atoms with Crippen molar-refractivity contribution in [2.45, 2.75) is 19.3 Å². The van der Waals surface area contributed by atoms with Crippen LogP contribution in [0, 0.1) is 6.42 Å². The maximum absolute atomic E-state index is 3.36. The number of aryl methyl sites for hydroxylation is 1. The van der Waals surface area contributed by atoms with Crippen molar-refractivity contribution in [1.82, 2.24) is 0 Å². The lowest BCUT2D eigenvalue weighted by molar-refractivity contribution is 0.775. The standard InChI is InChI=1S/C10H10/c1-2-6-10-8-4-3-7-9(10)5-1/h1-2,5-6H,3-4,7H2. The molecule has 0 saturated heterocycles. The molecule has 0 heterocycles. The van der Waals surface area contributed by atoms with E-state index in [1.807, 2.05) is 0 Å². The van der Waals surface area contributed by atoms with E-state index in [0.717, 1.165) is 6.42 Å². The molecule has 1 aromatic rings. The summed E-state index contributed by atoms with van der Waals surface area (Å²) in [5.74, 6) is 0. The largest absolute Gasteiger partial charge is 0.0620 e. The zero-order valence-corrected chi connectivity index (χ0v) is 5.93. The molecule has 0 bridgehead atoms. The molecular weight excluding hydrogens is 120 g/mol. The second kappa shape index (κ2) is 2.45. The van der Waals surface area contributed by atoms with Crippen molar-refractivity contribution in [3.05, 3.63) is 41.8 Å². The zero-order chi connectivity index (χ0) is 6.81. The second-order valence-corrected chi connectivity index (χ2v) is 2.69. The smallest absolute Gasteiger partial charge is 0.0167 e. The lowest BCUT2D eigenvalue weighted by Crippen LogP contribution is -1.98. The van der Waals surface area contributed by atoms with Gasteiger partial charge in [-0.15, -0.1) is 0 Å². The quantitative estimate of drug-likeness (QED) is 0.506. The zero-order valence-electron chi connectivity index (χ0n) is 5.93. The Morgan fingerprint density at radius 3 is 3.00 bits per heavy atom. The van der Waals surface area contributed by atoms with E-state index in [2.05, 4.69) is 30.7 Å². The number of fused-ring (bicyclic) bond motifs is 1. The van der Waals surface area contributed by atoms with Crippen molar-refractivity contribution in [1.29, 1.82) is 0 Å². The highest BCUT2D eigenvalue weighted by molar-refractivity contribution is 5.34. The van der Waals surface area contributed by atoms with Gasteiger partial charge in [-0.2, -0.15) is 0 Å². The summed E-state index contributed by atoms with van der Waals surface area (Å²) in [6, 6.07) is 8.53. The van der Waals surface area contributed by atoms with E-state index < -0.39 is 0 Å². The molecule has 2 rings (SSSR count). The van der Waals surface area contributed by atoms with Gasteiger partial charge < -0.3 is 0 Å². The molecule has 50 valence electrons. The van der Waals surface area contributed by atoms with Crippen LogP contribution in [0.1, 0.15) is 24.0 Å². The summed E-state index contributed by atoms with van der Waals surface area (Å²) in [7, 11) is 0. The van der Waals surface area contributed by atoms with Gasteiger partial charge in [0.2, 0.25) is 0 Å². The van der Waals surface area contributed by atoms with Crippen LogP contribution in [-0.4, -0.2) is 0 Å². The molecule has 2 radical (unpaired) electrons. The monoisotopic (exact) mass is 130 g/mol. The minimum Gasteiger partial charge on any atom is -0.0620 e. The van der Waals surface area contributed by atoms with Gasteiger partial charge in [0, 0.05) is 6.42 Å². The fourth-order valence-corrected chi connectivity index (χ4v) is 1.41. The summed E-state index contributed by atoms with van der Waals surface area (Å²) in [5, 5.41) is 0. The van der Waals surface area contributed by atoms with Crippen LogP contribution < -0.4 is 0 Å². The predicted octanol–water partition coefficient (Wildman–Crippen LogP) is 2.45. The van der Waals surface area contributed by atoms with Crippen molar-refractivity contribution in [2.75, 3.05) is 0 Å². The van der Waals surface area contributed by atoms with Crippen molar-refractivity contribution >= 4 is 0 Å². The maximum Gasteiger partial charge on any atom is 0.0167 e. The fraction of sp³-hybridized carbons (Fsp3) is 0.300. The van der Waals surface area contributed by atoms with Crippen LogP contribution in [0.4, 0.5) is 0 Å². The van der Waals surface area contributed by atoms with Crippen LogP contribution >= 0.6 is 0 Å². The third-order valence-electron chi connectivity index (χ3n) is 1.96. The van der Waals surface area contributed by atoms with Crippen LogP contribution in [0.3, 0.4) is 0 Å². The molecule has 0 saturated carbocycles. The Kier molecular flexibility index (Phi) is 1.46. The van der Waals surface area contributed by atoms with E-state index in [1.165, 1.54) is 24.0 Å². The number of rotatable bonds is 0. The Labute approximate surface area is 61.9 Å². The van der Waals surface area contributed by atoms with Crippen LogP contribution in [0.5, 0.6) is 0 Å². The van der Waals surface area contributed by atoms with Gasteiger partial charge >= 0.3 is 0 Å². The van der Waals surface area contributed by atoms with Crippen molar-refractivity contribution in [3.8, 4) is 0 Å². The van der Waals surface area contributed by atoms with E-state index in [0.29, 0.717) is 0 Å². The minimum absolute atomic E-state index is 1.14. The first-order valence-electron chi connectivity index (χ1n) is 3.78. The molecule has 0 N–H and O–H groups in total. The van der Waals surface area contributed by atoms with E-state index in [9.17, 15) is 0 Å². The first-order valence-corrected chi connectivity index (χ1v) is 3.78. The van der Waals surface area contributed by atoms with Gasteiger partial charge in [-0.3, -0.25) is 0 Å². The van der Waals surface area contributed by atoms with Gasteiger partial charge in [0.05, 0.1) is 0 Å². The highest BCUT2D eigenvalue weighted by Crippen LogP contribution is 2.21. The van der Waals surface area contributed by atoms with Gasteiger partial charge in [0.1, 0.15) is 0 Å². The lowest BCUT2D eigenvalue weighted by atomic mass is 9.92. The highest BCUT2D eigenvalue weighted by Gasteiger charge is 2.06. The Balaban J connectivity index is 2.41. The molecule has 10 heavy (non-hydrogen) atoms. The SMILES string of the molecule is [C]1CCCc2ccccc21. The summed E-state index contributed by atoms with van der Waals surface area (Å²) in [6.45, 7) is 0. The molecule has 1 aliphatic rings. The summed E-state index contributed by atoms with van der Waals surface area (Å²) >= 11 is 0. The Morgan fingerprint density at radius 1 is 1.20 bits per heavy atom. The lowest BCUT2D eigenvalue weighted by Gasteiger charge is -2.13. The molecule has 0 atom stereocenters. The number of benzene rings is 1. The molecule has 0 spiro atoms. The molecule has 0 unspecified atom stereocenters. The van der Waals surface area contributed by atoms with Crippen molar-refractivity contribution in [2.24, 2.45) is 0 Å². The van der Waals surface area contributed by atoms with Crippen molar-refractivity contribution < 1.29 is 0 Å². The van der Waals surface area contributed by atoms with Gasteiger partial charge in [-0.05, 0) is 30.4 Å². The average molecular weight is 130 g/mol. The molecule has 1 aliphatic carbocycles. The first-order chi connectivity index (χ1) is 4.97. The molecular formula is C10H10. The van der Waals surface area contributed by atoms with Gasteiger partial charge in [0.15, 0.2) is 0 Å². The van der Waals surface area contributed by atoms with Crippen LogP contribution in [0.15, 0.2) is 24.3 Å². The molecule has 0 aliphatic heterocycles. The Morgan fingerprint density at radius 2 is 2.10 bits per heavy atom. The van der Waals surface area contributed by atoms with Gasteiger partial charge in [-0.25, -0.2) is 0 Å². The number of hydrogen-bond acceptors (Lipinski definition) is 0. The van der Waals surface area contributed by atoms with Gasteiger partial charge in [0.25, 0.3) is 0 Å². The van der Waals surface area contributed by atoms with E-state index in [-0.39, 0.29) is 0 Å². The Bertz CT molecular complexity index is 200. The molecule has 0 fully saturated rings. The summed E-state index contributed by atoms with van der Waals surface area (Å²) in [4.78, 5) is 0. The second-order valence-electron chi connectivity index (χ2n) is 2.69. The van der Waals surface area contributed by atoms with E-state index in [1.54, 1.807) is 0 Å². The van der Waals surface area contributed by atoms with E-state index in [4.69, 9.17) is 0 Å². The molecule has 0 amide bonds. The predicted molar refractivity (Wildman–Crippen MR) is 41.7 cm³/mol. The minimum atomic E-state index is 1.14. The van der Waals surface area contributed by atoms with Crippen LogP contribution in [0.2, 0.25) is 0 Å². The maximum atomic E-state index is 3.36. The third kappa shape index (κ3) is 0.942. The normalized spacial score (nSPS) is 16.4.